The Hall–Kier alpha value is -1.36. The van der Waals surface area contributed by atoms with Crippen molar-refractivity contribution in [3.05, 3.63) is 18.1 Å². The van der Waals surface area contributed by atoms with E-state index in [-0.39, 0.29) is 5.41 Å². The molecule has 0 amide bonds. The summed E-state index contributed by atoms with van der Waals surface area (Å²) >= 11 is 1.65. The molecule has 0 bridgehead atoms. The third kappa shape index (κ3) is 2.34. The fourth-order valence-electron chi connectivity index (χ4n) is 1.74. The molecule has 5 heteroatoms. The molecule has 0 radical (unpaired) electrons. The van der Waals surface area contributed by atoms with Gasteiger partial charge < -0.3 is 5.32 Å². The zero-order valence-corrected chi connectivity index (χ0v) is 11.7. The summed E-state index contributed by atoms with van der Waals surface area (Å²) in [6, 6.07) is 0. The third-order valence-electron chi connectivity index (χ3n) is 2.52. The molecule has 0 aliphatic heterocycles. The maximum atomic E-state index is 4.57. The van der Waals surface area contributed by atoms with E-state index in [1.54, 1.807) is 11.3 Å². The molecule has 0 unspecified atom stereocenters. The normalized spacial score (nSPS) is 11.8. The van der Waals surface area contributed by atoms with Gasteiger partial charge in [-0.25, -0.2) is 4.98 Å². The minimum Gasteiger partial charge on any atom is -0.365 e. The average Bonchev–Trinajstić information content (AvgIpc) is 2.81. The summed E-state index contributed by atoms with van der Waals surface area (Å²) in [5.41, 5.74) is 2.34. The average molecular weight is 250 g/mol. The van der Waals surface area contributed by atoms with Crippen LogP contribution in [0.3, 0.4) is 0 Å². The van der Waals surface area contributed by atoms with Crippen LogP contribution in [-0.4, -0.2) is 21.8 Å². The first-order chi connectivity index (χ1) is 7.91. The topological polar surface area (TPSA) is 42.7 Å². The number of nitrogens with zero attached hydrogens (tertiary/aromatic N) is 3. The van der Waals surface area contributed by atoms with Crippen LogP contribution in [0, 0.1) is 0 Å². The Kier molecular flexibility index (Phi) is 2.95. The first kappa shape index (κ1) is 12.1. The lowest BCUT2D eigenvalue weighted by atomic mass is 9.89. The van der Waals surface area contributed by atoms with E-state index in [2.05, 4.69) is 42.4 Å². The van der Waals surface area contributed by atoms with Gasteiger partial charge in [0.2, 0.25) is 0 Å². The molecule has 0 saturated heterocycles. The van der Waals surface area contributed by atoms with Gasteiger partial charge >= 0.3 is 0 Å². The highest BCUT2D eigenvalue weighted by Crippen LogP contribution is 2.35. The van der Waals surface area contributed by atoms with Gasteiger partial charge in [0.15, 0.2) is 5.13 Å². The molecule has 4 nitrogen and oxygen atoms in total. The van der Waals surface area contributed by atoms with Crippen LogP contribution >= 0.6 is 11.3 Å². The van der Waals surface area contributed by atoms with Gasteiger partial charge in [0, 0.05) is 37.5 Å². The van der Waals surface area contributed by atoms with Gasteiger partial charge in [-0.1, -0.05) is 32.1 Å². The molecule has 92 valence electrons. The van der Waals surface area contributed by atoms with E-state index < -0.39 is 0 Å². The molecule has 0 saturated carbocycles. The van der Waals surface area contributed by atoms with Gasteiger partial charge in [-0.3, -0.25) is 4.68 Å². The second kappa shape index (κ2) is 4.14. The molecule has 0 aliphatic rings. The van der Waals surface area contributed by atoms with Gasteiger partial charge in [-0.05, 0) is 0 Å². The molecule has 2 aromatic heterocycles. The number of hydrogen-bond acceptors (Lipinski definition) is 4. The molecule has 0 spiro atoms. The highest BCUT2D eigenvalue weighted by atomic mass is 32.1. The predicted molar refractivity (Wildman–Crippen MR) is 72.6 cm³/mol. The van der Waals surface area contributed by atoms with Crippen LogP contribution in [0.4, 0.5) is 5.13 Å². The second-order valence-electron chi connectivity index (χ2n) is 5.09. The first-order valence-corrected chi connectivity index (χ1v) is 6.41. The summed E-state index contributed by atoms with van der Waals surface area (Å²) in [5, 5.41) is 8.56. The molecule has 0 aliphatic carbocycles. The van der Waals surface area contributed by atoms with E-state index in [0.717, 1.165) is 15.7 Å². The predicted octanol–water partition coefficient (Wildman–Crippen LogP) is 2.88. The minimum atomic E-state index is 0.0421. The standard InChI is InChI=1S/C12H18N4S/c1-12(2,3)10-8(7-16(5)15-10)9-6-14-11(13-4)17-9/h6-7H,1-5H3,(H,13,14). The van der Waals surface area contributed by atoms with E-state index in [4.69, 9.17) is 0 Å². The number of thiazole rings is 1. The summed E-state index contributed by atoms with van der Waals surface area (Å²) in [7, 11) is 3.84. The van der Waals surface area contributed by atoms with Crippen LogP contribution in [0.25, 0.3) is 10.4 Å². The number of aryl methyl sites for hydroxylation is 1. The van der Waals surface area contributed by atoms with Crippen molar-refractivity contribution in [3.8, 4) is 10.4 Å². The summed E-state index contributed by atoms with van der Waals surface area (Å²) in [5.74, 6) is 0. The van der Waals surface area contributed by atoms with E-state index in [0.29, 0.717) is 0 Å². The van der Waals surface area contributed by atoms with Gasteiger partial charge in [-0.2, -0.15) is 5.10 Å². The van der Waals surface area contributed by atoms with Gasteiger partial charge in [0.25, 0.3) is 0 Å². The number of aromatic nitrogens is 3. The molecule has 2 rings (SSSR count). The van der Waals surface area contributed by atoms with E-state index >= 15 is 0 Å². The van der Waals surface area contributed by atoms with Gasteiger partial charge in [-0.15, -0.1) is 0 Å². The first-order valence-electron chi connectivity index (χ1n) is 5.60. The van der Waals surface area contributed by atoms with Crippen molar-refractivity contribution in [3.63, 3.8) is 0 Å². The van der Waals surface area contributed by atoms with Crippen molar-refractivity contribution in [2.75, 3.05) is 12.4 Å². The Balaban J connectivity index is 2.51. The van der Waals surface area contributed by atoms with Gasteiger partial charge in [0.1, 0.15) is 0 Å². The molecular weight excluding hydrogens is 232 g/mol. The van der Waals surface area contributed by atoms with Crippen molar-refractivity contribution in [2.45, 2.75) is 26.2 Å². The SMILES string of the molecule is CNc1ncc(-c2cn(C)nc2C(C)(C)C)s1. The van der Waals surface area contributed by atoms with Crippen LogP contribution in [0.1, 0.15) is 26.5 Å². The third-order valence-corrected chi connectivity index (χ3v) is 3.57. The quantitative estimate of drug-likeness (QED) is 0.891. The molecule has 2 heterocycles. The summed E-state index contributed by atoms with van der Waals surface area (Å²) in [6.07, 6.45) is 3.97. The smallest absolute Gasteiger partial charge is 0.182 e. The van der Waals surface area contributed by atoms with Crippen LogP contribution in [0.15, 0.2) is 12.4 Å². The highest BCUT2D eigenvalue weighted by Gasteiger charge is 2.23. The van der Waals surface area contributed by atoms with Crippen LogP contribution in [0.5, 0.6) is 0 Å². The second-order valence-corrected chi connectivity index (χ2v) is 6.13. The van der Waals surface area contributed by atoms with Crippen molar-refractivity contribution in [2.24, 2.45) is 7.05 Å². The van der Waals surface area contributed by atoms with Crippen molar-refractivity contribution in [1.82, 2.24) is 14.8 Å². The molecule has 2 aromatic rings. The lowest BCUT2D eigenvalue weighted by Crippen LogP contribution is -2.13. The Bertz CT molecular complexity index is 519. The van der Waals surface area contributed by atoms with E-state index in [1.807, 2.05) is 25.0 Å². The van der Waals surface area contributed by atoms with E-state index in [9.17, 15) is 0 Å². The summed E-state index contributed by atoms with van der Waals surface area (Å²) in [6.45, 7) is 6.54. The molecule has 0 atom stereocenters. The fourth-order valence-corrected chi connectivity index (χ4v) is 2.52. The minimum absolute atomic E-state index is 0.0421. The van der Waals surface area contributed by atoms with Crippen molar-refractivity contribution >= 4 is 16.5 Å². The largest absolute Gasteiger partial charge is 0.365 e. The van der Waals surface area contributed by atoms with Crippen molar-refractivity contribution < 1.29 is 0 Å². The number of nitrogens with one attached hydrogen (secondary N) is 1. The Morgan fingerprint density at radius 3 is 2.59 bits per heavy atom. The van der Waals surface area contributed by atoms with Crippen LogP contribution < -0.4 is 5.32 Å². The molecule has 0 aromatic carbocycles. The maximum Gasteiger partial charge on any atom is 0.182 e. The Labute approximate surface area is 106 Å². The number of hydrogen-bond donors (Lipinski definition) is 1. The fraction of sp³-hybridized carbons (Fsp3) is 0.500. The Morgan fingerprint density at radius 2 is 2.06 bits per heavy atom. The summed E-state index contributed by atoms with van der Waals surface area (Å²) < 4.78 is 1.87. The van der Waals surface area contributed by atoms with Crippen molar-refractivity contribution in [1.29, 1.82) is 0 Å². The van der Waals surface area contributed by atoms with Gasteiger partial charge in [0.05, 0.1) is 10.6 Å². The summed E-state index contributed by atoms with van der Waals surface area (Å²) in [4.78, 5) is 5.47. The molecule has 1 N–H and O–H groups in total. The zero-order valence-electron chi connectivity index (χ0n) is 10.9. The molecule has 17 heavy (non-hydrogen) atoms. The highest BCUT2D eigenvalue weighted by molar-refractivity contribution is 7.18. The van der Waals surface area contributed by atoms with Crippen LogP contribution in [0.2, 0.25) is 0 Å². The maximum absolute atomic E-state index is 4.57. The molecule has 0 fully saturated rings. The lowest BCUT2D eigenvalue weighted by Gasteiger charge is -2.16. The number of anilines is 1. The zero-order chi connectivity index (χ0) is 12.6. The molecular formula is C12H18N4S. The van der Waals surface area contributed by atoms with E-state index in [1.165, 1.54) is 5.56 Å². The Morgan fingerprint density at radius 1 is 1.35 bits per heavy atom. The number of rotatable bonds is 2. The lowest BCUT2D eigenvalue weighted by molar-refractivity contribution is 0.554. The monoisotopic (exact) mass is 250 g/mol. The van der Waals surface area contributed by atoms with Crippen LogP contribution in [-0.2, 0) is 12.5 Å².